The number of aryl methyl sites for hydroxylation is 1. The lowest BCUT2D eigenvalue weighted by atomic mass is 9.89. The summed E-state index contributed by atoms with van der Waals surface area (Å²) in [6.45, 7) is 8.23. The Balaban J connectivity index is 2.32. The molecular formula is C17H24N2O2. The number of piperazine rings is 1. The lowest BCUT2D eigenvalue weighted by Crippen LogP contribution is -2.68. The standard InChI is InChI=1S/C17H24N2O2/c1-5-14-15(20)19(17(4,6-2)16(21)18-14)11-13-9-7-12(3)8-10-13/h7-10,14H,5-6,11H2,1-4H3,(H,18,21). The molecule has 0 aliphatic carbocycles. The molecule has 1 aromatic carbocycles. The zero-order valence-corrected chi connectivity index (χ0v) is 13.3. The van der Waals surface area contributed by atoms with Crippen molar-refractivity contribution in [2.24, 2.45) is 0 Å². The number of nitrogens with zero attached hydrogens (tertiary/aromatic N) is 1. The van der Waals surface area contributed by atoms with Gasteiger partial charge in [0, 0.05) is 6.54 Å². The van der Waals surface area contributed by atoms with Gasteiger partial charge in [-0.3, -0.25) is 9.59 Å². The molecule has 0 spiro atoms. The highest BCUT2D eigenvalue weighted by atomic mass is 16.2. The smallest absolute Gasteiger partial charge is 0.246 e. The number of benzene rings is 1. The largest absolute Gasteiger partial charge is 0.342 e. The maximum absolute atomic E-state index is 12.7. The second-order valence-electron chi connectivity index (χ2n) is 5.97. The van der Waals surface area contributed by atoms with Crippen LogP contribution < -0.4 is 5.32 Å². The average Bonchev–Trinajstić information content (AvgIpc) is 2.49. The van der Waals surface area contributed by atoms with Crippen molar-refractivity contribution in [3.63, 3.8) is 0 Å². The van der Waals surface area contributed by atoms with Gasteiger partial charge < -0.3 is 10.2 Å². The van der Waals surface area contributed by atoms with E-state index in [4.69, 9.17) is 0 Å². The summed E-state index contributed by atoms with van der Waals surface area (Å²) in [6.07, 6.45) is 1.22. The second kappa shape index (κ2) is 5.88. The van der Waals surface area contributed by atoms with E-state index < -0.39 is 11.6 Å². The Hall–Kier alpha value is -1.84. The molecule has 2 amide bonds. The van der Waals surface area contributed by atoms with Crippen LogP contribution in [0.2, 0.25) is 0 Å². The molecule has 0 saturated carbocycles. The molecule has 1 aliphatic rings. The summed E-state index contributed by atoms with van der Waals surface area (Å²) >= 11 is 0. The highest BCUT2D eigenvalue weighted by molar-refractivity contribution is 5.99. The molecule has 1 aliphatic heterocycles. The summed E-state index contributed by atoms with van der Waals surface area (Å²) in [5.74, 6) is -0.0365. The topological polar surface area (TPSA) is 49.4 Å². The third-order valence-corrected chi connectivity index (χ3v) is 4.51. The van der Waals surface area contributed by atoms with E-state index in [0.29, 0.717) is 19.4 Å². The van der Waals surface area contributed by atoms with Gasteiger partial charge in [0.1, 0.15) is 11.6 Å². The fourth-order valence-electron chi connectivity index (χ4n) is 2.69. The van der Waals surface area contributed by atoms with Crippen LogP contribution >= 0.6 is 0 Å². The van der Waals surface area contributed by atoms with Crippen molar-refractivity contribution in [2.75, 3.05) is 0 Å². The van der Waals surface area contributed by atoms with Gasteiger partial charge in [0.2, 0.25) is 11.8 Å². The number of carbonyl (C=O) groups excluding carboxylic acids is 2. The maximum atomic E-state index is 12.7. The Morgan fingerprint density at radius 2 is 1.81 bits per heavy atom. The van der Waals surface area contributed by atoms with Crippen molar-refractivity contribution in [1.29, 1.82) is 0 Å². The predicted octanol–water partition coefficient (Wildman–Crippen LogP) is 2.40. The molecule has 21 heavy (non-hydrogen) atoms. The van der Waals surface area contributed by atoms with Gasteiger partial charge >= 0.3 is 0 Å². The van der Waals surface area contributed by atoms with E-state index in [1.807, 2.05) is 52.0 Å². The quantitative estimate of drug-likeness (QED) is 0.925. The highest BCUT2D eigenvalue weighted by Gasteiger charge is 2.47. The molecule has 1 saturated heterocycles. The molecule has 1 heterocycles. The number of amides is 2. The molecule has 2 atom stereocenters. The van der Waals surface area contributed by atoms with E-state index in [1.165, 1.54) is 5.56 Å². The lowest BCUT2D eigenvalue weighted by molar-refractivity contribution is -0.157. The molecule has 1 N–H and O–H groups in total. The van der Waals surface area contributed by atoms with Crippen LogP contribution in [0.5, 0.6) is 0 Å². The zero-order chi connectivity index (χ0) is 15.6. The summed E-state index contributed by atoms with van der Waals surface area (Å²) < 4.78 is 0. The van der Waals surface area contributed by atoms with Gasteiger partial charge in [0.15, 0.2) is 0 Å². The number of hydrogen-bond donors (Lipinski definition) is 1. The van der Waals surface area contributed by atoms with Crippen LogP contribution in [0.15, 0.2) is 24.3 Å². The van der Waals surface area contributed by atoms with Crippen LogP contribution in [0.4, 0.5) is 0 Å². The number of rotatable bonds is 4. The zero-order valence-electron chi connectivity index (χ0n) is 13.3. The monoisotopic (exact) mass is 288 g/mol. The van der Waals surface area contributed by atoms with E-state index in [0.717, 1.165) is 5.56 Å². The van der Waals surface area contributed by atoms with Gasteiger partial charge in [-0.1, -0.05) is 43.7 Å². The molecule has 2 unspecified atom stereocenters. The average molecular weight is 288 g/mol. The minimum Gasteiger partial charge on any atom is -0.342 e. The van der Waals surface area contributed by atoms with Crippen LogP contribution in [0.25, 0.3) is 0 Å². The van der Waals surface area contributed by atoms with Crippen molar-refractivity contribution in [2.45, 2.75) is 58.7 Å². The Kier molecular flexibility index (Phi) is 4.35. The summed E-state index contributed by atoms with van der Waals surface area (Å²) in [7, 11) is 0. The second-order valence-corrected chi connectivity index (χ2v) is 5.97. The number of nitrogens with one attached hydrogen (secondary N) is 1. The fraction of sp³-hybridized carbons (Fsp3) is 0.529. The predicted molar refractivity (Wildman–Crippen MR) is 82.6 cm³/mol. The fourth-order valence-corrected chi connectivity index (χ4v) is 2.69. The summed E-state index contributed by atoms with van der Waals surface area (Å²) in [5.41, 5.74) is 1.47. The van der Waals surface area contributed by atoms with Gasteiger partial charge in [-0.05, 0) is 32.3 Å². The van der Waals surface area contributed by atoms with Gasteiger partial charge in [-0.25, -0.2) is 0 Å². The van der Waals surface area contributed by atoms with E-state index in [-0.39, 0.29) is 11.8 Å². The van der Waals surface area contributed by atoms with Crippen molar-refractivity contribution in [3.05, 3.63) is 35.4 Å². The molecule has 1 fully saturated rings. The third kappa shape index (κ3) is 2.80. The Morgan fingerprint density at radius 1 is 1.19 bits per heavy atom. The first-order valence-electron chi connectivity index (χ1n) is 7.60. The Morgan fingerprint density at radius 3 is 2.33 bits per heavy atom. The van der Waals surface area contributed by atoms with Crippen molar-refractivity contribution in [1.82, 2.24) is 10.2 Å². The summed E-state index contributed by atoms with van der Waals surface area (Å²) in [6, 6.07) is 7.70. The molecular weight excluding hydrogens is 264 g/mol. The van der Waals surface area contributed by atoms with Crippen LogP contribution in [0.3, 0.4) is 0 Å². The first-order valence-corrected chi connectivity index (χ1v) is 7.60. The molecule has 114 valence electrons. The van der Waals surface area contributed by atoms with E-state index >= 15 is 0 Å². The lowest BCUT2D eigenvalue weighted by Gasteiger charge is -2.46. The van der Waals surface area contributed by atoms with Gasteiger partial charge in [-0.2, -0.15) is 0 Å². The minimum absolute atomic E-state index is 0.0158. The van der Waals surface area contributed by atoms with Gasteiger partial charge in [0.05, 0.1) is 0 Å². The molecule has 0 bridgehead atoms. The molecule has 4 nitrogen and oxygen atoms in total. The maximum Gasteiger partial charge on any atom is 0.246 e. The van der Waals surface area contributed by atoms with Crippen LogP contribution in [-0.2, 0) is 16.1 Å². The van der Waals surface area contributed by atoms with E-state index in [9.17, 15) is 9.59 Å². The van der Waals surface area contributed by atoms with Crippen molar-refractivity contribution < 1.29 is 9.59 Å². The number of hydrogen-bond acceptors (Lipinski definition) is 2. The Bertz CT molecular complexity index is 538. The van der Waals surface area contributed by atoms with Gasteiger partial charge in [0.25, 0.3) is 0 Å². The normalized spacial score (nSPS) is 25.9. The SMILES string of the molecule is CCC1NC(=O)C(C)(CC)N(Cc2ccc(C)cc2)C1=O. The molecule has 1 aromatic rings. The molecule has 2 rings (SSSR count). The summed E-state index contributed by atoms with van der Waals surface area (Å²) in [5, 5.41) is 2.85. The van der Waals surface area contributed by atoms with Crippen molar-refractivity contribution in [3.8, 4) is 0 Å². The van der Waals surface area contributed by atoms with E-state index in [2.05, 4.69) is 5.32 Å². The summed E-state index contributed by atoms with van der Waals surface area (Å²) in [4.78, 5) is 26.8. The van der Waals surface area contributed by atoms with E-state index in [1.54, 1.807) is 4.90 Å². The van der Waals surface area contributed by atoms with Crippen LogP contribution in [-0.4, -0.2) is 28.3 Å². The highest BCUT2D eigenvalue weighted by Crippen LogP contribution is 2.27. The van der Waals surface area contributed by atoms with Gasteiger partial charge in [-0.15, -0.1) is 0 Å². The molecule has 0 radical (unpaired) electrons. The number of carbonyl (C=O) groups is 2. The molecule has 4 heteroatoms. The van der Waals surface area contributed by atoms with Crippen LogP contribution in [0, 0.1) is 6.92 Å². The first-order chi connectivity index (χ1) is 9.92. The third-order valence-electron chi connectivity index (χ3n) is 4.51. The molecule has 0 aromatic heterocycles. The Labute approximate surface area is 126 Å². The minimum atomic E-state index is -0.770. The van der Waals surface area contributed by atoms with Crippen molar-refractivity contribution >= 4 is 11.8 Å². The van der Waals surface area contributed by atoms with Crippen LogP contribution in [0.1, 0.15) is 44.7 Å². The first kappa shape index (κ1) is 15.5.